The molecule has 144 valence electrons. The van der Waals surface area contributed by atoms with Gasteiger partial charge in [-0.1, -0.05) is 13.8 Å². The summed E-state index contributed by atoms with van der Waals surface area (Å²) < 4.78 is 0. The summed E-state index contributed by atoms with van der Waals surface area (Å²) in [6.07, 6.45) is 0.406. The average molecular weight is 375 g/mol. The van der Waals surface area contributed by atoms with Crippen LogP contribution in [-0.4, -0.2) is 57.1 Å². The van der Waals surface area contributed by atoms with E-state index >= 15 is 0 Å². The van der Waals surface area contributed by atoms with Gasteiger partial charge in [-0.05, 0) is 35.1 Å². The Morgan fingerprint density at radius 2 is 1.44 bits per heavy atom. The van der Waals surface area contributed by atoms with Crippen molar-refractivity contribution in [3.05, 3.63) is 33.4 Å². The Kier molecular flexibility index (Phi) is 4.55. The fraction of sp³-hybridized carbons (Fsp3) is 0.474. The van der Waals surface area contributed by atoms with Crippen LogP contribution in [-0.2, 0) is 35.3 Å². The minimum Gasteiger partial charge on any atom is -0.480 e. The van der Waals surface area contributed by atoms with Crippen molar-refractivity contribution in [2.75, 3.05) is 13.2 Å². The number of benzene rings is 1. The molecule has 3 N–H and O–H groups in total. The third kappa shape index (κ3) is 2.39. The van der Waals surface area contributed by atoms with E-state index in [0.29, 0.717) is 29.5 Å². The second kappa shape index (κ2) is 6.45. The molecule has 0 saturated carbocycles. The first-order chi connectivity index (χ1) is 12.7. The maximum Gasteiger partial charge on any atom is 0.321 e. The number of hydrogen-bond acceptors (Lipinski definition) is 5. The molecule has 1 aliphatic heterocycles. The van der Waals surface area contributed by atoms with Gasteiger partial charge in [-0.15, -0.1) is 0 Å². The van der Waals surface area contributed by atoms with E-state index in [2.05, 4.69) is 0 Å². The van der Waals surface area contributed by atoms with Gasteiger partial charge in [0.05, 0.1) is 24.3 Å². The van der Waals surface area contributed by atoms with Crippen LogP contribution in [0, 0.1) is 5.41 Å². The van der Waals surface area contributed by atoms with Gasteiger partial charge in [0.15, 0.2) is 5.41 Å². The summed E-state index contributed by atoms with van der Waals surface area (Å²) >= 11 is 0. The van der Waals surface area contributed by atoms with Crippen molar-refractivity contribution in [1.29, 1.82) is 0 Å². The molecule has 0 fully saturated rings. The number of aliphatic carboxylic acids is 2. The van der Waals surface area contributed by atoms with E-state index in [1.807, 2.05) is 13.8 Å². The number of nitrogens with zero attached hydrogens (tertiary/aromatic N) is 1. The molecule has 2 aliphatic rings. The monoisotopic (exact) mass is 375 g/mol. The van der Waals surface area contributed by atoms with Crippen LogP contribution in [0.5, 0.6) is 0 Å². The maximum atomic E-state index is 12.9. The van der Waals surface area contributed by atoms with Crippen LogP contribution in [0.15, 0.2) is 0 Å². The molecule has 3 rings (SSSR count). The Hall–Kier alpha value is -2.74. The number of imide groups is 1. The zero-order valence-corrected chi connectivity index (χ0v) is 15.2. The minimum atomic E-state index is -2.04. The minimum absolute atomic E-state index is 0.113. The van der Waals surface area contributed by atoms with Crippen LogP contribution < -0.4 is 0 Å². The van der Waals surface area contributed by atoms with Gasteiger partial charge in [0.2, 0.25) is 0 Å². The summed E-state index contributed by atoms with van der Waals surface area (Å²) in [5, 5.41) is 28.4. The molecule has 1 aromatic carbocycles. The van der Waals surface area contributed by atoms with Crippen LogP contribution in [0.4, 0.5) is 0 Å². The van der Waals surface area contributed by atoms with Gasteiger partial charge in [-0.3, -0.25) is 24.1 Å². The number of carboxylic acids is 2. The molecular formula is C19H21NO7. The summed E-state index contributed by atoms with van der Waals surface area (Å²) in [4.78, 5) is 50.3. The number of aliphatic hydroxyl groups is 1. The van der Waals surface area contributed by atoms with Gasteiger partial charge >= 0.3 is 11.9 Å². The van der Waals surface area contributed by atoms with Gasteiger partial charge in [-0.2, -0.15) is 0 Å². The molecule has 0 bridgehead atoms. The third-order valence-corrected chi connectivity index (χ3v) is 5.67. The fourth-order valence-corrected chi connectivity index (χ4v) is 4.39. The smallest absolute Gasteiger partial charge is 0.321 e. The van der Waals surface area contributed by atoms with Gasteiger partial charge in [0, 0.05) is 12.8 Å². The van der Waals surface area contributed by atoms with Gasteiger partial charge in [-0.25, -0.2) is 0 Å². The lowest BCUT2D eigenvalue weighted by atomic mass is 9.84. The molecule has 0 unspecified atom stereocenters. The largest absolute Gasteiger partial charge is 0.480 e. The summed E-state index contributed by atoms with van der Waals surface area (Å²) in [5.41, 5.74) is 0.631. The average Bonchev–Trinajstić information content (AvgIpc) is 3.14. The number of carboxylic acid groups (broad SMARTS) is 2. The number of β-amino-alcohol motifs (C(OH)–C–C–N with tert-alkyl or cyclic N) is 1. The number of amides is 2. The van der Waals surface area contributed by atoms with Crippen LogP contribution in [0.2, 0.25) is 0 Å². The standard InChI is InChI=1S/C19H21NO7/c1-3-9-10(4-2)13-14(16(23)20(5-6-21)15(13)22)12-8-19(17(24)25,18(26)27)7-11(9)12/h21H,3-8H2,1-2H3,(H,24,25)(H,26,27). The Balaban J connectivity index is 2.33. The molecule has 1 heterocycles. The summed E-state index contributed by atoms with van der Waals surface area (Å²) in [6.45, 7) is 3.15. The highest BCUT2D eigenvalue weighted by atomic mass is 16.4. The molecule has 8 nitrogen and oxygen atoms in total. The van der Waals surface area contributed by atoms with E-state index in [0.717, 1.165) is 10.5 Å². The number of fused-ring (bicyclic) bond motifs is 3. The van der Waals surface area contributed by atoms with Crippen molar-refractivity contribution < 1.29 is 34.5 Å². The van der Waals surface area contributed by atoms with Crippen molar-refractivity contribution >= 4 is 23.8 Å². The van der Waals surface area contributed by atoms with Crippen molar-refractivity contribution in [1.82, 2.24) is 4.90 Å². The zero-order valence-electron chi connectivity index (χ0n) is 15.2. The molecule has 0 atom stereocenters. The first kappa shape index (κ1) is 19.0. The van der Waals surface area contributed by atoms with Crippen molar-refractivity contribution in [3.8, 4) is 0 Å². The number of hydrogen-bond donors (Lipinski definition) is 3. The topological polar surface area (TPSA) is 132 Å². The van der Waals surface area contributed by atoms with E-state index in [4.69, 9.17) is 0 Å². The number of rotatable bonds is 6. The molecule has 0 spiro atoms. The molecular weight excluding hydrogens is 354 g/mol. The Morgan fingerprint density at radius 3 is 1.93 bits per heavy atom. The Bertz CT molecular complexity index is 873. The van der Waals surface area contributed by atoms with E-state index in [1.165, 1.54) is 0 Å². The van der Waals surface area contributed by atoms with Crippen LogP contribution in [0.3, 0.4) is 0 Å². The molecule has 0 saturated heterocycles. The highest BCUT2D eigenvalue weighted by Gasteiger charge is 2.54. The second-order valence-corrected chi connectivity index (χ2v) is 6.90. The first-order valence-corrected chi connectivity index (χ1v) is 8.88. The predicted molar refractivity (Wildman–Crippen MR) is 92.8 cm³/mol. The first-order valence-electron chi connectivity index (χ1n) is 8.88. The number of carbonyl (C=O) groups is 4. The summed E-state index contributed by atoms with van der Waals surface area (Å²) in [7, 11) is 0. The molecule has 27 heavy (non-hydrogen) atoms. The van der Waals surface area contributed by atoms with Gasteiger partial charge in [0.25, 0.3) is 11.8 Å². The quantitative estimate of drug-likeness (QED) is 0.491. The van der Waals surface area contributed by atoms with Crippen molar-refractivity contribution in [2.24, 2.45) is 5.41 Å². The van der Waals surface area contributed by atoms with Gasteiger partial charge < -0.3 is 15.3 Å². The highest BCUT2D eigenvalue weighted by Crippen LogP contribution is 2.46. The molecule has 0 aromatic heterocycles. The van der Waals surface area contributed by atoms with Crippen molar-refractivity contribution in [2.45, 2.75) is 39.5 Å². The highest BCUT2D eigenvalue weighted by molar-refractivity contribution is 6.23. The SMILES string of the molecule is CCc1c2c(c3c(c1CC)C(=O)N(CCO)C3=O)CC(C(=O)O)(C(=O)O)C2. The second-order valence-electron chi connectivity index (χ2n) is 6.90. The lowest BCUT2D eigenvalue weighted by molar-refractivity contribution is -0.163. The van der Waals surface area contributed by atoms with Crippen LogP contribution in [0.1, 0.15) is 56.8 Å². The molecule has 1 aromatic rings. The predicted octanol–water partition coefficient (Wildman–Crippen LogP) is 0.654. The summed E-state index contributed by atoms with van der Waals surface area (Å²) in [6, 6.07) is 0. The fourth-order valence-electron chi connectivity index (χ4n) is 4.39. The van der Waals surface area contributed by atoms with Crippen LogP contribution in [0.25, 0.3) is 0 Å². The number of aliphatic hydroxyl groups excluding tert-OH is 1. The van der Waals surface area contributed by atoms with E-state index in [9.17, 15) is 34.5 Å². The van der Waals surface area contributed by atoms with Gasteiger partial charge in [0.1, 0.15) is 0 Å². The van der Waals surface area contributed by atoms with E-state index in [-0.39, 0.29) is 37.1 Å². The Morgan fingerprint density at radius 1 is 0.926 bits per heavy atom. The normalized spacial score (nSPS) is 17.2. The lowest BCUT2D eigenvalue weighted by Crippen LogP contribution is -2.40. The summed E-state index contributed by atoms with van der Waals surface area (Å²) in [5.74, 6) is -4.01. The van der Waals surface area contributed by atoms with Crippen LogP contribution >= 0.6 is 0 Å². The maximum absolute atomic E-state index is 12.9. The lowest BCUT2D eigenvalue weighted by Gasteiger charge is -2.18. The molecule has 8 heteroatoms. The zero-order chi connectivity index (χ0) is 20.1. The van der Waals surface area contributed by atoms with Crippen molar-refractivity contribution in [3.63, 3.8) is 0 Å². The molecule has 1 aliphatic carbocycles. The molecule has 0 radical (unpaired) electrons. The Labute approximate surface area is 155 Å². The van der Waals surface area contributed by atoms with E-state index < -0.39 is 29.2 Å². The molecule has 2 amide bonds. The number of carbonyl (C=O) groups excluding carboxylic acids is 2. The van der Waals surface area contributed by atoms with E-state index in [1.54, 1.807) is 0 Å². The third-order valence-electron chi connectivity index (χ3n) is 5.67.